The maximum absolute atomic E-state index is 10.2. The Balaban J connectivity index is 1.58. The molecule has 1 aliphatic rings. The van der Waals surface area contributed by atoms with Crippen molar-refractivity contribution in [2.45, 2.75) is 25.2 Å². The van der Waals surface area contributed by atoms with Gasteiger partial charge in [0.05, 0.1) is 13.7 Å². The lowest BCUT2D eigenvalue weighted by Crippen LogP contribution is -2.34. The highest BCUT2D eigenvalue weighted by molar-refractivity contribution is 6.02. The Labute approximate surface area is 167 Å². The largest absolute Gasteiger partial charge is 0.507 e. The molecule has 0 bridgehead atoms. The number of hydrogen-bond donors (Lipinski definition) is 2. The molecule has 1 fully saturated rings. The van der Waals surface area contributed by atoms with E-state index >= 15 is 0 Å². The van der Waals surface area contributed by atoms with Crippen molar-refractivity contribution in [2.75, 3.05) is 39.8 Å². The lowest BCUT2D eigenvalue weighted by Gasteiger charge is -2.32. The van der Waals surface area contributed by atoms with Crippen LogP contribution in [0.25, 0.3) is 0 Å². The average molecular weight is 382 g/mol. The van der Waals surface area contributed by atoms with E-state index in [-0.39, 0.29) is 5.75 Å². The highest BCUT2D eigenvalue weighted by Crippen LogP contribution is 2.34. The van der Waals surface area contributed by atoms with Crippen molar-refractivity contribution in [3.05, 3.63) is 59.7 Å². The van der Waals surface area contributed by atoms with Gasteiger partial charge in [0.2, 0.25) is 0 Å². The van der Waals surface area contributed by atoms with Crippen molar-refractivity contribution in [2.24, 2.45) is 10.7 Å². The molecule has 0 aromatic heterocycles. The van der Waals surface area contributed by atoms with Gasteiger partial charge in [-0.05, 0) is 55.6 Å². The van der Waals surface area contributed by atoms with Crippen molar-refractivity contribution in [3.63, 3.8) is 0 Å². The number of likely N-dealkylation sites (tertiary alicyclic amines) is 1. The fraction of sp³-hybridized carbons (Fsp3) is 0.435. The molecular weight excluding hydrogens is 350 g/mol. The van der Waals surface area contributed by atoms with Gasteiger partial charge in [-0.1, -0.05) is 30.3 Å². The number of piperidine rings is 1. The maximum Gasteiger partial charge on any atom is 0.124 e. The van der Waals surface area contributed by atoms with Crippen LogP contribution in [0.1, 0.15) is 36.3 Å². The first-order valence-electron chi connectivity index (χ1n) is 10.1. The number of rotatable bonds is 8. The van der Waals surface area contributed by atoms with Gasteiger partial charge in [-0.15, -0.1) is 0 Å². The number of nitrogens with zero attached hydrogens (tertiary/aromatic N) is 2. The van der Waals surface area contributed by atoms with E-state index in [1.807, 2.05) is 30.3 Å². The highest BCUT2D eigenvalue weighted by Gasteiger charge is 2.23. The number of hydrogen-bond acceptors (Lipinski definition) is 5. The van der Waals surface area contributed by atoms with Crippen LogP contribution < -0.4 is 10.5 Å². The second-order valence-corrected chi connectivity index (χ2v) is 7.24. The topological polar surface area (TPSA) is 71.1 Å². The molecule has 1 heterocycles. The van der Waals surface area contributed by atoms with Gasteiger partial charge in [0, 0.05) is 30.8 Å². The van der Waals surface area contributed by atoms with Crippen LogP contribution in [-0.2, 0) is 0 Å². The number of ether oxygens (including phenoxy) is 1. The first-order chi connectivity index (χ1) is 13.7. The fourth-order valence-electron chi connectivity index (χ4n) is 3.95. The molecular formula is C23H31N3O2. The summed E-state index contributed by atoms with van der Waals surface area (Å²) in [5, 5.41) is 10.2. The molecule has 0 amide bonds. The molecule has 0 aliphatic carbocycles. The molecule has 0 saturated carbocycles. The van der Waals surface area contributed by atoms with E-state index in [0.717, 1.165) is 55.9 Å². The fourth-order valence-corrected chi connectivity index (χ4v) is 3.95. The zero-order valence-corrected chi connectivity index (χ0v) is 16.7. The van der Waals surface area contributed by atoms with Crippen molar-refractivity contribution in [1.82, 2.24) is 4.90 Å². The molecule has 3 N–H and O–H groups in total. The normalized spacial score (nSPS) is 16.3. The molecule has 2 aromatic carbocycles. The average Bonchev–Trinajstić information content (AvgIpc) is 2.75. The Hall–Kier alpha value is -2.37. The Morgan fingerprint density at radius 2 is 1.86 bits per heavy atom. The van der Waals surface area contributed by atoms with E-state index in [1.54, 1.807) is 13.2 Å². The highest BCUT2D eigenvalue weighted by atomic mass is 16.5. The van der Waals surface area contributed by atoms with Gasteiger partial charge in [-0.3, -0.25) is 4.99 Å². The standard InChI is InChI=1S/C23H31N3O2/c1-28-23-9-5-3-6-19(23)18-10-15-26(16-11-18)17-12-21(25-14-13-24)20-7-2-4-8-22(20)27/h2-9,18,27H,10-17,24H2,1H3/b25-21+. The molecule has 2 aromatic rings. The third-order valence-electron chi connectivity index (χ3n) is 5.48. The maximum atomic E-state index is 10.2. The van der Waals surface area contributed by atoms with Crippen LogP contribution in [-0.4, -0.2) is 55.6 Å². The summed E-state index contributed by atoms with van der Waals surface area (Å²) < 4.78 is 5.54. The monoisotopic (exact) mass is 381 g/mol. The number of aromatic hydroxyl groups is 1. The predicted molar refractivity (Wildman–Crippen MR) is 115 cm³/mol. The molecule has 1 saturated heterocycles. The van der Waals surface area contributed by atoms with Crippen LogP contribution in [0.15, 0.2) is 53.5 Å². The van der Waals surface area contributed by atoms with E-state index in [9.17, 15) is 5.11 Å². The molecule has 150 valence electrons. The van der Waals surface area contributed by atoms with Crippen LogP contribution in [0.2, 0.25) is 0 Å². The lowest BCUT2D eigenvalue weighted by molar-refractivity contribution is 0.216. The first-order valence-corrected chi connectivity index (χ1v) is 10.1. The first kappa shape index (κ1) is 20.4. The second-order valence-electron chi connectivity index (χ2n) is 7.24. The minimum Gasteiger partial charge on any atom is -0.507 e. The summed E-state index contributed by atoms with van der Waals surface area (Å²) in [6.07, 6.45) is 3.08. The number of benzene rings is 2. The number of nitrogens with two attached hydrogens (primary N) is 1. The van der Waals surface area contributed by atoms with Crippen LogP contribution in [0.5, 0.6) is 11.5 Å². The van der Waals surface area contributed by atoms with Crippen molar-refractivity contribution < 1.29 is 9.84 Å². The zero-order valence-electron chi connectivity index (χ0n) is 16.7. The molecule has 5 nitrogen and oxygen atoms in total. The smallest absolute Gasteiger partial charge is 0.124 e. The third kappa shape index (κ3) is 5.12. The Kier molecular flexibility index (Phi) is 7.46. The number of aliphatic imine (C=N–C) groups is 1. The van der Waals surface area contributed by atoms with E-state index in [4.69, 9.17) is 10.5 Å². The summed E-state index contributed by atoms with van der Waals surface area (Å²) in [5.41, 5.74) is 8.72. The van der Waals surface area contributed by atoms with Gasteiger partial charge in [-0.2, -0.15) is 0 Å². The molecule has 0 atom stereocenters. The van der Waals surface area contributed by atoms with Gasteiger partial charge in [0.1, 0.15) is 11.5 Å². The summed E-state index contributed by atoms with van der Waals surface area (Å²) in [6, 6.07) is 15.8. The molecule has 0 unspecified atom stereocenters. The van der Waals surface area contributed by atoms with E-state index in [1.165, 1.54) is 5.56 Å². The molecule has 0 radical (unpaired) electrons. The predicted octanol–water partition coefficient (Wildman–Crippen LogP) is 3.42. The van der Waals surface area contributed by atoms with Crippen LogP contribution in [0.4, 0.5) is 0 Å². The van der Waals surface area contributed by atoms with Gasteiger partial charge < -0.3 is 20.5 Å². The summed E-state index contributed by atoms with van der Waals surface area (Å²) in [5.74, 6) is 1.83. The van der Waals surface area contributed by atoms with Crippen LogP contribution >= 0.6 is 0 Å². The van der Waals surface area contributed by atoms with Gasteiger partial charge in [0.25, 0.3) is 0 Å². The SMILES string of the molecule is COc1ccccc1C1CCN(CC/C(=N\CCN)c2ccccc2O)CC1. The van der Waals surface area contributed by atoms with Crippen molar-refractivity contribution in [3.8, 4) is 11.5 Å². The molecule has 3 rings (SSSR count). The third-order valence-corrected chi connectivity index (χ3v) is 5.48. The number of phenols is 1. The quantitative estimate of drug-likeness (QED) is 0.688. The van der Waals surface area contributed by atoms with Crippen LogP contribution in [0.3, 0.4) is 0 Å². The Morgan fingerprint density at radius 3 is 2.57 bits per heavy atom. The molecule has 1 aliphatic heterocycles. The Morgan fingerprint density at radius 1 is 1.14 bits per heavy atom. The van der Waals surface area contributed by atoms with E-state index in [2.05, 4.69) is 22.0 Å². The minimum atomic E-state index is 0.285. The van der Waals surface area contributed by atoms with E-state index < -0.39 is 0 Å². The Bertz CT molecular complexity index is 783. The minimum absolute atomic E-state index is 0.285. The van der Waals surface area contributed by atoms with Gasteiger partial charge in [0.15, 0.2) is 0 Å². The summed E-state index contributed by atoms with van der Waals surface area (Å²) >= 11 is 0. The molecule has 5 heteroatoms. The summed E-state index contributed by atoms with van der Waals surface area (Å²) in [7, 11) is 1.75. The lowest BCUT2D eigenvalue weighted by atomic mass is 9.88. The van der Waals surface area contributed by atoms with E-state index in [0.29, 0.717) is 19.0 Å². The summed E-state index contributed by atoms with van der Waals surface area (Å²) in [4.78, 5) is 7.12. The number of phenolic OH excluding ortho intramolecular Hbond substituents is 1. The number of para-hydroxylation sites is 2. The zero-order chi connectivity index (χ0) is 19.8. The van der Waals surface area contributed by atoms with Crippen molar-refractivity contribution in [1.29, 1.82) is 0 Å². The van der Waals surface area contributed by atoms with Crippen molar-refractivity contribution >= 4 is 5.71 Å². The number of methoxy groups -OCH3 is 1. The summed E-state index contributed by atoms with van der Waals surface area (Å²) in [6.45, 7) is 4.17. The molecule has 0 spiro atoms. The van der Waals surface area contributed by atoms with Gasteiger partial charge in [-0.25, -0.2) is 0 Å². The van der Waals surface area contributed by atoms with Crippen LogP contribution in [0, 0.1) is 0 Å². The van der Waals surface area contributed by atoms with Gasteiger partial charge >= 0.3 is 0 Å². The molecule has 28 heavy (non-hydrogen) atoms. The second kappa shape index (κ2) is 10.2.